The van der Waals surface area contributed by atoms with Crippen molar-refractivity contribution in [3.05, 3.63) is 17.6 Å². The molecular weight excluding hydrogens is 242 g/mol. The van der Waals surface area contributed by atoms with Crippen molar-refractivity contribution in [1.82, 2.24) is 9.97 Å². The van der Waals surface area contributed by atoms with Gasteiger partial charge in [-0.05, 0) is 26.2 Å². The lowest BCUT2D eigenvalue weighted by atomic mass is 10.1. The zero-order valence-electron chi connectivity index (χ0n) is 11.5. The van der Waals surface area contributed by atoms with Crippen molar-refractivity contribution in [2.24, 2.45) is 16.8 Å². The van der Waals surface area contributed by atoms with Gasteiger partial charge in [0, 0.05) is 30.3 Å². The molecule has 0 aromatic carbocycles. The highest BCUT2D eigenvalue weighted by Crippen LogP contribution is 2.28. The van der Waals surface area contributed by atoms with E-state index in [0.29, 0.717) is 6.54 Å². The van der Waals surface area contributed by atoms with Gasteiger partial charge in [0.15, 0.2) is 0 Å². The molecule has 1 heterocycles. The highest BCUT2D eigenvalue weighted by molar-refractivity contribution is 5.82. The zero-order valence-corrected chi connectivity index (χ0v) is 11.5. The summed E-state index contributed by atoms with van der Waals surface area (Å²) in [4.78, 5) is 10.9. The van der Waals surface area contributed by atoms with Crippen LogP contribution in [-0.4, -0.2) is 34.1 Å². The number of aryl methyl sites for hydroxylation is 1. The van der Waals surface area contributed by atoms with Crippen molar-refractivity contribution < 1.29 is 5.21 Å². The molecule has 6 nitrogen and oxygen atoms in total. The van der Waals surface area contributed by atoms with Crippen molar-refractivity contribution in [3.63, 3.8) is 0 Å². The van der Waals surface area contributed by atoms with Gasteiger partial charge in [-0.3, -0.25) is 0 Å². The zero-order chi connectivity index (χ0) is 13.8. The summed E-state index contributed by atoms with van der Waals surface area (Å²) in [5, 5.41) is 11.8. The van der Waals surface area contributed by atoms with Crippen LogP contribution in [0.2, 0.25) is 0 Å². The van der Waals surface area contributed by atoms with Crippen LogP contribution in [0.4, 0.5) is 5.82 Å². The Bertz CT molecular complexity index is 474. The third-order valence-corrected chi connectivity index (χ3v) is 3.65. The minimum atomic E-state index is -0.0167. The summed E-state index contributed by atoms with van der Waals surface area (Å²) in [7, 11) is 0. The minimum Gasteiger partial charge on any atom is -0.409 e. The van der Waals surface area contributed by atoms with Crippen LogP contribution in [0.1, 0.15) is 31.5 Å². The number of anilines is 1. The Hall–Kier alpha value is -1.85. The molecule has 0 fully saturated rings. The Balaban J connectivity index is 2.21. The highest BCUT2D eigenvalue weighted by atomic mass is 16.4. The van der Waals surface area contributed by atoms with Crippen LogP contribution in [0.3, 0.4) is 0 Å². The summed E-state index contributed by atoms with van der Waals surface area (Å²) in [5.41, 5.74) is 8.08. The molecule has 1 atom stereocenters. The van der Waals surface area contributed by atoms with E-state index in [4.69, 9.17) is 10.9 Å². The van der Waals surface area contributed by atoms with Gasteiger partial charge in [-0.15, -0.1) is 0 Å². The van der Waals surface area contributed by atoms with Gasteiger partial charge in [0.1, 0.15) is 18.0 Å². The molecule has 1 aromatic heterocycles. The summed E-state index contributed by atoms with van der Waals surface area (Å²) in [5.74, 6) is 1.24. The average Bonchev–Trinajstić information content (AvgIpc) is 2.91. The summed E-state index contributed by atoms with van der Waals surface area (Å²) >= 11 is 0. The molecule has 104 valence electrons. The fourth-order valence-electron chi connectivity index (χ4n) is 2.50. The molecule has 0 spiro atoms. The molecule has 3 N–H and O–H groups in total. The van der Waals surface area contributed by atoms with Crippen molar-refractivity contribution in [3.8, 4) is 0 Å². The molecule has 0 saturated heterocycles. The molecule has 0 aliphatic heterocycles. The first-order valence-corrected chi connectivity index (χ1v) is 6.72. The van der Waals surface area contributed by atoms with Crippen molar-refractivity contribution in [1.29, 1.82) is 0 Å². The number of aromatic nitrogens is 2. The van der Waals surface area contributed by atoms with Crippen molar-refractivity contribution >= 4 is 11.7 Å². The van der Waals surface area contributed by atoms with Crippen LogP contribution >= 0.6 is 0 Å². The van der Waals surface area contributed by atoms with Gasteiger partial charge in [-0.25, -0.2) is 9.97 Å². The topological polar surface area (TPSA) is 87.6 Å². The Labute approximate surface area is 113 Å². The van der Waals surface area contributed by atoms with Gasteiger partial charge in [-0.1, -0.05) is 12.1 Å². The van der Waals surface area contributed by atoms with Gasteiger partial charge < -0.3 is 15.8 Å². The number of nitrogens with zero attached hydrogens (tertiary/aromatic N) is 4. The van der Waals surface area contributed by atoms with Gasteiger partial charge in [0.25, 0.3) is 0 Å². The summed E-state index contributed by atoms with van der Waals surface area (Å²) in [6.45, 7) is 5.56. The van der Waals surface area contributed by atoms with E-state index in [2.05, 4.69) is 26.9 Å². The molecule has 2 rings (SSSR count). The molecular formula is C13H21N5O. The van der Waals surface area contributed by atoms with Crippen LogP contribution in [0.25, 0.3) is 0 Å². The van der Waals surface area contributed by atoms with Crippen LogP contribution in [0.5, 0.6) is 0 Å². The van der Waals surface area contributed by atoms with E-state index in [1.807, 2.05) is 6.92 Å². The first-order chi connectivity index (χ1) is 9.17. The fourth-order valence-corrected chi connectivity index (χ4v) is 2.50. The summed E-state index contributed by atoms with van der Waals surface area (Å²) in [6, 6.07) is 0. The minimum absolute atomic E-state index is 0.0167. The number of hydrogen-bond acceptors (Lipinski definition) is 5. The molecule has 0 amide bonds. The highest BCUT2D eigenvalue weighted by Gasteiger charge is 2.22. The monoisotopic (exact) mass is 263 g/mol. The molecule has 0 saturated carbocycles. The number of nitrogens with two attached hydrogens (primary N) is 1. The van der Waals surface area contributed by atoms with Crippen LogP contribution < -0.4 is 10.6 Å². The molecule has 1 aromatic rings. The number of amidine groups is 1. The SMILES string of the molecule is CCN(CC(C)C(N)=NO)c1ncnc2c1CCC2. The predicted octanol–water partition coefficient (Wildman–Crippen LogP) is 1.17. The van der Waals surface area contributed by atoms with Crippen molar-refractivity contribution in [2.75, 3.05) is 18.0 Å². The van der Waals surface area contributed by atoms with Gasteiger partial charge in [0.05, 0.1) is 0 Å². The Morgan fingerprint density at radius 2 is 2.32 bits per heavy atom. The van der Waals surface area contributed by atoms with E-state index in [9.17, 15) is 0 Å². The quantitative estimate of drug-likeness (QED) is 0.360. The second kappa shape index (κ2) is 5.86. The number of oxime groups is 1. The second-order valence-corrected chi connectivity index (χ2v) is 4.94. The standard InChI is InChI=1S/C13H21N5O/c1-3-18(7-9(2)12(14)17-19)13-10-5-4-6-11(10)15-8-16-13/h8-9,19H,3-7H2,1-2H3,(H2,14,17). The third-order valence-electron chi connectivity index (χ3n) is 3.65. The smallest absolute Gasteiger partial charge is 0.143 e. The van der Waals surface area contributed by atoms with Gasteiger partial charge in [-0.2, -0.15) is 0 Å². The van der Waals surface area contributed by atoms with E-state index >= 15 is 0 Å². The molecule has 0 radical (unpaired) electrons. The number of rotatable bonds is 5. The average molecular weight is 263 g/mol. The van der Waals surface area contributed by atoms with Crippen LogP contribution in [0, 0.1) is 5.92 Å². The lowest BCUT2D eigenvalue weighted by Crippen LogP contribution is -2.36. The lowest BCUT2D eigenvalue weighted by Gasteiger charge is -2.26. The molecule has 1 aliphatic rings. The van der Waals surface area contributed by atoms with Crippen molar-refractivity contribution in [2.45, 2.75) is 33.1 Å². The summed E-state index contributed by atoms with van der Waals surface area (Å²) in [6.07, 6.45) is 4.86. The van der Waals surface area contributed by atoms with Gasteiger partial charge >= 0.3 is 0 Å². The first-order valence-electron chi connectivity index (χ1n) is 6.72. The Kier molecular flexibility index (Phi) is 4.19. The molecule has 19 heavy (non-hydrogen) atoms. The molecule has 1 unspecified atom stereocenters. The fraction of sp³-hybridized carbons (Fsp3) is 0.615. The largest absolute Gasteiger partial charge is 0.409 e. The van der Waals surface area contributed by atoms with E-state index in [1.54, 1.807) is 6.33 Å². The third kappa shape index (κ3) is 2.77. The van der Waals surface area contributed by atoms with E-state index in [1.165, 1.54) is 11.3 Å². The van der Waals surface area contributed by atoms with E-state index in [0.717, 1.165) is 31.6 Å². The summed E-state index contributed by atoms with van der Waals surface area (Å²) < 4.78 is 0. The second-order valence-electron chi connectivity index (χ2n) is 4.94. The molecule has 1 aliphatic carbocycles. The maximum atomic E-state index is 8.74. The van der Waals surface area contributed by atoms with Crippen LogP contribution in [-0.2, 0) is 12.8 Å². The normalized spacial score (nSPS) is 16.2. The maximum absolute atomic E-state index is 8.74. The number of fused-ring (bicyclic) bond motifs is 1. The lowest BCUT2D eigenvalue weighted by molar-refractivity contribution is 0.314. The van der Waals surface area contributed by atoms with Crippen LogP contribution in [0.15, 0.2) is 11.5 Å². The molecule has 6 heteroatoms. The molecule has 0 bridgehead atoms. The predicted molar refractivity (Wildman–Crippen MR) is 74.5 cm³/mol. The maximum Gasteiger partial charge on any atom is 0.143 e. The first kappa shape index (κ1) is 13.6. The Morgan fingerprint density at radius 1 is 1.53 bits per heavy atom. The number of hydrogen-bond donors (Lipinski definition) is 2. The van der Waals surface area contributed by atoms with E-state index in [-0.39, 0.29) is 11.8 Å². The Morgan fingerprint density at radius 3 is 3.00 bits per heavy atom. The van der Waals surface area contributed by atoms with E-state index < -0.39 is 0 Å². The van der Waals surface area contributed by atoms with Gasteiger partial charge in [0.2, 0.25) is 0 Å².